The quantitative estimate of drug-likeness (QED) is 0.869. The molecule has 2 aromatic rings. The molecule has 3 rings (SSSR count). The highest BCUT2D eigenvalue weighted by atomic mass is 32.1. The van der Waals surface area contributed by atoms with Crippen LogP contribution in [-0.4, -0.2) is 20.5 Å². The fourth-order valence-corrected chi connectivity index (χ4v) is 3.31. The molecule has 0 spiro atoms. The third kappa shape index (κ3) is 1.04. The van der Waals surface area contributed by atoms with Crippen molar-refractivity contribution >= 4 is 22.3 Å². The smallest absolute Gasteiger partial charge is 0.315 e. The molecule has 0 amide bonds. The fourth-order valence-electron chi connectivity index (χ4n) is 2.55. The Labute approximate surface area is 96.5 Å². The maximum atomic E-state index is 11.5. The van der Waals surface area contributed by atoms with E-state index in [1.165, 1.54) is 0 Å². The van der Waals surface area contributed by atoms with E-state index in [0.29, 0.717) is 0 Å². The number of carboxylic acids is 1. The molecule has 0 unspecified atom stereocenters. The van der Waals surface area contributed by atoms with Crippen molar-refractivity contribution in [3.63, 3.8) is 0 Å². The van der Waals surface area contributed by atoms with Crippen LogP contribution in [0.25, 0.3) is 4.96 Å². The molecule has 0 saturated heterocycles. The van der Waals surface area contributed by atoms with Gasteiger partial charge in [-0.1, -0.05) is 6.42 Å². The number of carboxylic acid groups (broad SMARTS) is 1. The lowest BCUT2D eigenvalue weighted by Crippen LogP contribution is -2.43. The molecule has 0 atom stereocenters. The van der Waals surface area contributed by atoms with E-state index in [1.807, 2.05) is 22.9 Å². The zero-order valence-electron chi connectivity index (χ0n) is 8.93. The van der Waals surface area contributed by atoms with Gasteiger partial charge in [0, 0.05) is 11.6 Å². The van der Waals surface area contributed by atoms with Crippen molar-refractivity contribution in [2.24, 2.45) is 0 Å². The molecule has 1 saturated carbocycles. The van der Waals surface area contributed by atoms with Crippen molar-refractivity contribution in [3.8, 4) is 0 Å². The number of hydrogen-bond acceptors (Lipinski definition) is 3. The molecule has 0 aromatic carbocycles. The van der Waals surface area contributed by atoms with Gasteiger partial charge in [0.2, 0.25) is 0 Å². The zero-order chi connectivity index (χ0) is 11.3. The molecule has 2 aromatic heterocycles. The van der Waals surface area contributed by atoms with Gasteiger partial charge in [-0.05, 0) is 19.8 Å². The summed E-state index contributed by atoms with van der Waals surface area (Å²) in [6, 6.07) is 0. The lowest BCUT2D eigenvalue weighted by Gasteiger charge is -2.37. The lowest BCUT2D eigenvalue weighted by atomic mass is 9.66. The number of nitrogens with zero attached hydrogens (tertiary/aromatic N) is 2. The van der Waals surface area contributed by atoms with Gasteiger partial charge in [-0.15, -0.1) is 11.3 Å². The maximum Gasteiger partial charge on any atom is 0.315 e. The second kappa shape index (κ2) is 3.07. The summed E-state index contributed by atoms with van der Waals surface area (Å²) in [6.07, 6.45) is 4.36. The van der Waals surface area contributed by atoms with Crippen molar-refractivity contribution in [2.45, 2.75) is 31.6 Å². The van der Waals surface area contributed by atoms with Crippen LogP contribution in [0.2, 0.25) is 0 Å². The summed E-state index contributed by atoms with van der Waals surface area (Å²) >= 11 is 1.54. The Bertz CT molecular complexity index is 566. The molecule has 2 heterocycles. The topological polar surface area (TPSA) is 54.6 Å². The highest BCUT2D eigenvalue weighted by molar-refractivity contribution is 7.15. The largest absolute Gasteiger partial charge is 0.481 e. The van der Waals surface area contributed by atoms with E-state index in [0.717, 1.165) is 35.6 Å². The standard InChI is InChI=1S/C11H12N2O2S/c1-7-8(11(9(14)15)3-2-4-11)13-5-6-16-10(13)12-7/h5-6H,2-4H2,1H3,(H,14,15). The summed E-state index contributed by atoms with van der Waals surface area (Å²) < 4.78 is 1.94. The van der Waals surface area contributed by atoms with E-state index in [-0.39, 0.29) is 0 Å². The molecule has 16 heavy (non-hydrogen) atoms. The number of thiazole rings is 1. The van der Waals surface area contributed by atoms with Crippen molar-refractivity contribution in [2.75, 3.05) is 0 Å². The number of carbonyl (C=O) groups is 1. The summed E-state index contributed by atoms with van der Waals surface area (Å²) in [7, 11) is 0. The SMILES string of the molecule is Cc1nc2sccn2c1C1(C(=O)O)CCC1. The summed E-state index contributed by atoms with van der Waals surface area (Å²) in [5.74, 6) is -0.713. The molecule has 1 N–H and O–H groups in total. The van der Waals surface area contributed by atoms with Gasteiger partial charge in [-0.25, -0.2) is 4.98 Å². The van der Waals surface area contributed by atoms with Crippen LogP contribution in [0.4, 0.5) is 0 Å². The molecule has 0 bridgehead atoms. The second-order valence-electron chi connectivity index (χ2n) is 4.34. The lowest BCUT2D eigenvalue weighted by molar-refractivity contribution is -0.147. The van der Waals surface area contributed by atoms with Crippen molar-refractivity contribution in [1.29, 1.82) is 0 Å². The van der Waals surface area contributed by atoms with Crippen LogP contribution in [0.15, 0.2) is 11.6 Å². The monoisotopic (exact) mass is 236 g/mol. The van der Waals surface area contributed by atoms with Gasteiger partial charge in [-0.3, -0.25) is 9.20 Å². The number of imidazole rings is 1. The number of rotatable bonds is 2. The van der Waals surface area contributed by atoms with Crippen LogP contribution in [0.5, 0.6) is 0 Å². The third-order valence-corrected chi connectivity index (χ3v) is 4.26. The Hall–Kier alpha value is -1.36. The molecule has 5 heteroatoms. The number of fused-ring (bicyclic) bond motifs is 1. The van der Waals surface area contributed by atoms with Gasteiger partial charge in [0.05, 0.1) is 11.4 Å². The normalized spacial score (nSPS) is 18.6. The molecule has 1 aliphatic carbocycles. The van der Waals surface area contributed by atoms with E-state index >= 15 is 0 Å². The van der Waals surface area contributed by atoms with Crippen LogP contribution in [0, 0.1) is 6.92 Å². The average molecular weight is 236 g/mol. The first-order valence-electron chi connectivity index (χ1n) is 5.31. The van der Waals surface area contributed by atoms with Crippen molar-refractivity contribution < 1.29 is 9.90 Å². The van der Waals surface area contributed by atoms with Crippen LogP contribution < -0.4 is 0 Å². The van der Waals surface area contributed by atoms with Gasteiger partial charge in [-0.2, -0.15) is 0 Å². The van der Waals surface area contributed by atoms with Crippen LogP contribution in [0.3, 0.4) is 0 Å². The molecule has 1 aliphatic rings. The zero-order valence-corrected chi connectivity index (χ0v) is 9.75. The number of aromatic nitrogens is 2. The number of aliphatic carboxylic acids is 1. The van der Waals surface area contributed by atoms with Crippen LogP contribution in [-0.2, 0) is 10.2 Å². The summed E-state index contributed by atoms with van der Waals surface area (Å²) in [4.78, 5) is 16.8. The van der Waals surface area contributed by atoms with Gasteiger partial charge in [0.15, 0.2) is 4.96 Å². The van der Waals surface area contributed by atoms with Gasteiger partial charge in [0.25, 0.3) is 0 Å². The van der Waals surface area contributed by atoms with Crippen molar-refractivity contribution in [3.05, 3.63) is 23.0 Å². The summed E-state index contributed by atoms with van der Waals surface area (Å²) in [5.41, 5.74) is 1.04. The maximum absolute atomic E-state index is 11.5. The van der Waals surface area contributed by atoms with E-state index in [2.05, 4.69) is 4.98 Å². The predicted octanol–water partition coefficient (Wildman–Crippen LogP) is 2.21. The highest BCUT2D eigenvalue weighted by Gasteiger charge is 2.49. The van der Waals surface area contributed by atoms with Gasteiger partial charge in [0.1, 0.15) is 5.41 Å². The minimum Gasteiger partial charge on any atom is -0.481 e. The van der Waals surface area contributed by atoms with Crippen LogP contribution >= 0.6 is 11.3 Å². The minimum absolute atomic E-state index is 0.690. The summed E-state index contributed by atoms with van der Waals surface area (Å²) in [5, 5.41) is 11.4. The fraction of sp³-hybridized carbons (Fsp3) is 0.455. The minimum atomic E-state index is -0.713. The molecule has 0 radical (unpaired) electrons. The Morgan fingerprint density at radius 2 is 2.38 bits per heavy atom. The molecule has 4 nitrogen and oxygen atoms in total. The van der Waals surface area contributed by atoms with Gasteiger partial charge < -0.3 is 5.11 Å². The highest BCUT2D eigenvalue weighted by Crippen LogP contribution is 2.45. The molecular formula is C11H12N2O2S. The Balaban J connectivity index is 2.27. The van der Waals surface area contributed by atoms with E-state index < -0.39 is 11.4 Å². The van der Waals surface area contributed by atoms with Gasteiger partial charge >= 0.3 is 5.97 Å². The van der Waals surface area contributed by atoms with Crippen molar-refractivity contribution in [1.82, 2.24) is 9.38 Å². The first-order chi connectivity index (χ1) is 7.65. The van der Waals surface area contributed by atoms with E-state index in [4.69, 9.17) is 0 Å². The average Bonchev–Trinajstić information content (AvgIpc) is 2.66. The van der Waals surface area contributed by atoms with E-state index in [1.54, 1.807) is 11.3 Å². The second-order valence-corrected chi connectivity index (χ2v) is 5.22. The Kier molecular flexibility index (Phi) is 1.89. The van der Waals surface area contributed by atoms with E-state index in [9.17, 15) is 9.90 Å². The Morgan fingerprint density at radius 3 is 2.94 bits per heavy atom. The van der Waals surface area contributed by atoms with Crippen LogP contribution in [0.1, 0.15) is 30.7 Å². The Morgan fingerprint density at radius 1 is 1.62 bits per heavy atom. The molecule has 84 valence electrons. The number of aryl methyl sites for hydroxylation is 1. The third-order valence-electron chi connectivity index (χ3n) is 3.51. The number of hydrogen-bond donors (Lipinski definition) is 1. The molecular weight excluding hydrogens is 224 g/mol. The first-order valence-corrected chi connectivity index (χ1v) is 6.19. The molecule has 0 aliphatic heterocycles. The first kappa shape index (κ1) is 9.84. The summed E-state index contributed by atoms with van der Waals surface area (Å²) in [6.45, 7) is 1.90. The molecule has 1 fully saturated rings. The predicted molar refractivity (Wildman–Crippen MR) is 61.0 cm³/mol.